The number of methoxy groups -OCH3 is 1. The van der Waals surface area contributed by atoms with E-state index in [0.29, 0.717) is 0 Å². The predicted molar refractivity (Wildman–Crippen MR) is 56.2 cm³/mol. The number of aromatic nitrogens is 1. The van der Waals surface area contributed by atoms with Gasteiger partial charge in [0, 0.05) is 12.4 Å². The van der Waals surface area contributed by atoms with E-state index in [9.17, 15) is 0 Å². The van der Waals surface area contributed by atoms with Crippen molar-refractivity contribution >= 4 is 0 Å². The third-order valence-corrected chi connectivity index (χ3v) is 2.08. The number of benzene rings is 1. The van der Waals surface area contributed by atoms with Crippen LogP contribution in [0.2, 0.25) is 0 Å². The van der Waals surface area contributed by atoms with Crippen LogP contribution in [-0.4, -0.2) is 12.1 Å². The first-order chi connectivity index (χ1) is 6.90. The van der Waals surface area contributed by atoms with Crippen LogP contribution in [0.15, 0.2) is 48.8 Å². The molecule has 0 N–H and O–H groups in total. The lowest BCUT2D eigenvalue weighted by Crippen LogP contribution is -1.82. The Labute approximate surface area is 83.2 Å². The Hall–Kier alpha value is -1.83. The summed E-state index contributed by atoms with van der Waals surface area (Å²) in [7, 11) is 1.67. The van der Waals surface area contributed by atoms with Gasteiger partial charge >= 0.3 is 0 Å². The Kier molecular flexibility index (Phi) is 2.45. The molecule has 70 valence electrons. The molecule has 2 rings (SSSR count). The second-order valence-corrected chi connectivity index (χ2v) is 2.97. The van der Waals surface area contributed by atoms with Crippen molar-refractivity contribution in [2.45, 2.75) is 0 Å². The lowest BCUT2D eigenvalue weighted by atomic mass is 10.1. The van der Waals surface area contributed by atoms with Crippen LogP contribution in [0.5, 0.6) is 5.75 Å². The number of hydrogen-bond acceptors (Lipinski definition) is 2. The fraction of sp³-hybridized carbons (Fsp3) is 0.0833. The van der Waals surface area contributed by atoms with E-state index in [0.717, 1.165) is 16.9 Å². The molecule has 0 bridgehead atoms. The number of nitrogens with zero attached hydrogens (tertiary/aromatic N) is 1. The first kappa shape index (κ1) is 8.75. The molecular formula is C12H11NO. The molecule has 0 spiro atoms. The Morgan fingerprint density at radius 2 is 1.79 bits per heavy atom. The number of hydrogen-bond donors (Lipinski definition) is 0. The summed E-state index contributed by atoms with van der Waals surface area (Å²) in [6, 6.07) is 11.9. The van der Waals surface area contributed by atoms with Gasteiger partial charge in [-0.15, -0.1) is 0 Å². The van der Waals surface area contributed by atoms with Crippen molar-refractivity contribution in [3.63, 3.8) is 0 Å². The minimum atomic E-state index is 0.873. The fourth-order valence-electron chi connectivity index (χ4n) is 1.32. The molecule has 0 aliphatic carbocycles. The zero-order valence-corrected chi connectivity index (χ0v) is 7.97. The molecule has 2 aromatic rings. The average molecular weight is 185 g/mol. The van der Waals surface area contributed by atoms with Gasteiger partial charge in [0.15, 0.2) is 0 Å². The summed E-state index contributed by atoms with van der Waals surface area (Å²) < 4.78 is 5.09. The van der Waals surface area contributed by atoms with Gasteiger partial charge in [0.25, 0.3) is 0 Å². The van der Waals surface area contributed by atoms with Crippen molar-refractivity contribution in [3.8, 4) is 16.9 Å². The van der Waals surface area contributed by atoms with Crippen molar-refractivity contribution in [3.05, 3.63) is 48.8 Å². The molecule has 2 nitrogen and oxygen atoms in total. The Balaban J connectivity index is 2.34. The van der Waals surface area contributed by atoms with Crippen molar-refractivity contribution in [1.29, 1.82) is 0 Å². The molecular weight excluding hydrogens is 174 g/mol. The second-order valence-electron chi connectivity index (χ2n) is 2.97. The molecule has 14 heavy (non-hydrogen) atoms. The second kappa shape index (κ2) is 3.92. The molecule has 1 aromatic heterocycles. The summed E-state index contributed by atoms with van der Waals surface area (Å²) in [6.07, 6.45) is 3.62. The van der Waals surface area contributed by atoms with Crippen molar-refractivity contribution in [2.75, 3.05) is 7.11 Å². The van der Waals surface area contributed by atoms with Crippen molar-refractivity contribution in [1.82, 2.24) is 4.98 Å². The van der Waals surface area contributed by atoms with Crippen LogP contribution in [0.4, 0.5) is 0 Å². The Morgan fingerprint density at radius 1 is 1.00 bits per heavy atom. The van der Waals surface area contributed by atoms with Crippen LogP contribution >= 0.6 is 0 Å². The minimum absolute atomic E-state index is 0.873. The van der Waals surface area contributed by atoms with Gasteiger partial charge in [-0.25, -0.2) is 0 Å². The van der Waals surface area contributed by atoms with Crippen LogP contribution in [0.3, 0.4) is 0 Å². The van der Waals surface area contributed by atoms with E-state index < -0.39 is 0 Å². The predicted octanol–water partition coefficient (Wildman–Crippen LogP) is 2.76. The number of pyridine rings is 1. The van der Waals surface area contributed by atoms with Gasteiger partial charge in [-0.2, -0.15) is 0 Å². The summed E-state index contributed by atoms with van der Waals surface area (Å²) >= 11 is 0. The zero-order valence-electron chi connectivity index (χ0n) is 7.97. The maximum Gasteiger partial charge on any atom is 0.118 e. The maximum absolute atomic E-state index is 5.09. The third kappa shape index (κ3) is 1.74. The summed E-state index contributed by atoms with van der Waals surface area (Å²) in [5.74, 6) is 0.873. The van der Waals surface area contributed by atoms with E-state index >= 15 is 0 Å². The first-order valence-electron chi connectivity index (χ1n) is 4.44. The van der Waals surface area contributed by atoms with E-state index in [-0.39, 0.29) is 0 Å². The average Bonchev–Trinajstić information content (AvgIpc) is 2.30. The molecule has 0 saturated carbocycles. The smallest absolute Gasteiger partial charge is 0.118 e. The molecule has 0 atom stereocenters. The van der Waals surface area contributed by atoms with Gasteiger partial charge in [-0.05, 0) is 29.3 Å². The topological polar surface area (TPSA) is 22.1 Å². The Morgan fingerprint density at radius 3 is 2.36 bits per heavy atom. The highest BCUT2D eigenvalue weighted by molar-refractivity contribution is 5.62. The minimum Gasteiger partial charge on any atom is -0.497 e. The zero-order chi connectivity index (χ0) is 9.80. The third-order valence-electron chi connectivity index (χ3n) is 2.08. The van der Waals surface area contributed by atoms with Gasteiger partial charge in [-0.1, -0.05) is 18.2 Å². The van der Waals surface area contributed by atoms with Gasteiger partial charge in [0.05, 0.1) is 7.11 Å². The highest BCUT2D eigenvalue weighted by Crippen LogP contribution is 2.20. The lowest BCUT2D eigenvalue weighted by molar-refractivity contribution is 0.415. The van der Waals surface area contributed by atoms with E-state index in [4.69, 9.17) is 4.74 Å². The maximum atomic E-state index is 5.09. The first-order valence-corrected chi connectivity index (χ1v) is 4.44. The standard InChI is InChI=1S/C12H11NO/c1-14-12-6-4-10(5-7-12)11-3-2-8-13-9-11/h2-9H,1H3. The SMILES string of the molecule is COc1ccc(-c2cccnc2)cc1. The number of rotatable bonds is 2. The van der Waals surface area contributed by atoms with Crippen LogP contribution in [0, 0.1) is 0 Å². The molecule has 0 amide bonds. The molecule has 0 unspecified atom stereocenters. The highest BCUT2D eigenvalue weighted by atomic mass is 16.5. The van der Waals surface area contributed by atoms with E-state index in [1.165, 1.54) is 0 Å². The molecule has 0 aliphatic rings. The summed E-state index contributed by atoms with van der Waals surface area (Å²) in [4.78, 5) is 4.07. The number of ether oxygens (including phenoxy) is 1. The van der Waals surface area contributed by atoms with Crippen LogP contribution in [-0.2, 0) is 0 Å². The molecule has 1 aromatic carbocycles. The largest absolute Gasteiger partial charge is 0.497 e. The van der Waals surface area contributed by atoms with E-state index in [1.54, 1.807) is 13.3 Å². The fourth-order valence-corrected chi connectivity index (χ4v) is 1.32. The molecule has 0 radical (unpaired) electrons. The Bertz CT molecular complexity index is 394. The summed E-state index contributed by atoms with van der Waals surface area (Å²) in [5.41, 5.74) is 2.27. The van der Waals surface area contributed by atoms with Crippen molar-refractivity contribution in [2.24, 2.45) is 0 Å². The van der Waals surface area contributed by atoms with Crippen LogP contribution in [0.25, 0.3) is 11.1 Å². The normalized spacial score (nSPS) is 9.79. The molecule has 1 heterocycles. The molecule has 0 fully saturated rings. The van der Waals surface area contributed by atoms with Gasteiger partial charge in [0.2, 0.25) is 0 Å². The van der Waals surface area contributed by atoms with E-state index in [2.05, 4.69) is 4.98 Å². The monoisotopic (exact) mass is 185 g/mol. The van der Waals surface area contributed by atoms with E-state index in [1.807, 2.05) is 42.6 Å². The van der Waals surface area contributed by atoms with Gasteiger partial charge in [-0.3, -0.25) is 4.98 Å². The molecule has 0 saturated heterocycles. The van der Waals surface area contributed by atoms with Crippen molar-refractivity contribution < 1.29 is 4.74 Å². The summed E-state index contributed by atoms with van der Waals surface area (Å²) in [5, 5.41) is 0. The lowest BCUT2D eigenvalue weighted by Gasteiger charge is -2.02. The van der Waals surface area contributed by atoms with Gasteiger partial charge in [0.1, 0.15) is 5.75 Å². The summed E-state index contributed by atoms with van der Waals surface area (Å²) in [6.45, 7) is 0. The highest BCUT2D eigenvalue weighted by Gasteiger charge is 1.96. The van der Waals surface area contributed by atoms with Crippen LogP contribution < -0.4 is 4.74 Å². The molecule has 2 heteroatoms. The van der Waals surface area contributed by atoms with Gasteiger partial charge < -0.3 is 4.74 Å². The van der Waals surface area contributed by atoms with Crippen LogP contribution in [0.1, 0.15) is 0 Å². The quantitative estimate of drug-likeness (QED) is 0.717. The molecule has 0 aliphatic heterocycles.